The van der Waals surface area contributed by atoms with Crippen molar-refractivity contribution in [3.05, 3.63) is 97.9 Å². The topological polar surface area (TPSA) is 87.6 Å². The second kappa shape index (κ2) is 8.87. The fourth-order valence-corrected chi connectivity index (χ4v) is 4.16. The lowest BCUT2D eigenvalue weighted by molar-refractivity contribution is 0.510. The zero-order valence-electron chi connectivity index (χ0n) is 18.6. The van der Waals surface area contributed by atoms with E-state index in [0.717, 1.165) is 21.4 Å². The molecule has 0 N–H and O–H groups in total. The maximum absolute atomic E-state index is 14.2. The number of halogens is 3. The monoisotopic (exact) mass is 504 g/mol. The molecule has 0 atom stereocenters. The number of rotatable bonds is 4. The smallest absolute Gasteiger partial charge is 0.279 e. The van der Waals surface area contributed by atoms with E-state index in [0.29, 0.717) is 16.1 Å². The predicted octanol–water partition coefficient (Wildman–Crippen LogP) is 3.67. The number of hydrogen-bond acceptors (Lipinski definition) is 5. The Morgan fingerprint density at radius 3 is 2.58 bits per heavy atom. The second-order valence-electron chi connectivity index (χ2n) is 7.90. The molecule has 0 unspecified atom stereocenters. The first-order valence-corrected chi connectivity index (χ1v) is 10.9. The Kier molecular flexibility index (Phi) is 5.70. The van der Waals surface area contributed by atoms with Crippen LogP contribution >= 0.6 is 11.6 Å². The highest BCUT2D eigenvalue weighted by Crippen LogP contribution is 2.28. The highest BCUT2D eigenvalue weighted by atomic mass is 35.5. The van der Waals surface area contributed by atoms with Crippen LogP contribution in [0.1, 0.15) is 5.56 Å². The zero-order chi connectivity index (χ0) is 25.6. The lowest BCUT2D eigenvalue weighted by Gasteiger charge is -2.19. The van der Waals surface area contributed by atoms with Crippen LogP contribution in [-0.4, -0.2) is 29.1 Å². The first-order chi connectivity index (χ1) is 17.3. The molecule has 36 heavy (non-hydrogen) atoms. The summed E-state index contributed by atoms with van der Waals surface area (Å²) >= 11 is 6.21. The van der Waals surface area contributed by atoms with Gasteiger partial charge in [0.1, 0.15) is 5.52 Å². The van der Waals surface area contributed by atoms with Crippen LogP contribution in [0.3, 0.4) is 0 Å². The largest absolute Gasteiger partial charge is 0.337 e. The minimum Gasteiger partial charge on any atom is -0.279 e. The number of nitrogens with zero attached hydrogens (tertiary/aromatic N) is 6. The minimum atomic E-state index is -1.16. The van der Waals surface area contributed by atoms with Crippen molar-refractivity contribution >= 4 is 22.6 Å². The molecule has 0 radical (unpaired) electrons. The first kappa shape index (κ1) is 23.1. The molecule has 3 aromatic heterocycles. The summed E-state index contributed by atoms with van der Waals surface area (Å²) in [5.41, 5.74) is -0.331. The number of pyridine rings is 1. The lowest BCUT2D eigenvalue weighted by Crippen LogP contribution is -2.42. The standard InChI is InChI=1S/C25H15ClF2N6O2/c1-3-7-32-22(15-5-4-6-16(26)9-15)23(34-21-11-19(28)18(27)10-20(21)30-31-34)24(35)33(25(32)36)17-8-14(2)12-29-13-17/h1,4-6,8-13H,7H2,2H3. The van der Waals surface area contributed by atoms with Gasteiger partial charge in [0.15, 0.2) is 17.3 Å². The van der Waals surface area contributed by atoms with Gasteiger partial charge < -0.3 is 0 Å². The molecule has 3 heterocycles. The normalized spacial score (nSPS) is 11.1. The third-order valence-corrected chi connectivity index (χ3v) is 5.72. The molecule has 5 aromatic rings. The summed E-state index contributed by atoms with van der Waals surface area (Å²) in [4.78, 5) is 31.8. The molecule has 11 heteroatoms. The van der Waals surface area contributed by atoms with Gasteiger partial charge in [-0.2, -0.15) is 0 Å². The maximum atomic E-state index is 14.2. The Morgan fingerprint density at radius 2 is 1.86 bits per heavy atom. The van der Waals surface area contributed by atoms with Crippen LogP contribution in [0.15, 0.2) is 64.4 Å². The Morgan fingerprint density at radius 1 is 1.08 bits per heavy atom. The number of aromatic nitrogens is 6. The maximum Gasteiger partial charge on any atom is 0.337 e. The van der Waals surface area contributed by atoms with Gasteiger partial charge in [0.05, 0.1) is 29.6 Å². The molecule has 0 aliphatic carbocycles. The number of fused-ring (bicyclic) bond motifs is 1. The molecule has 0 amide bonds. The third kappa shape index (κ3) is 3.76. The van der Waals surface area contributed by atoms with Crippen molar-refractivity contribution in [3.63, 3.8) is 0 Å². The predicted molar refractivity (Wildman–Crippen MR) is 130 cm³/mol. The van der Waals surface area contributed by atoms with Crippen molar-refractivity contribution < 1.29 is 8.78 Å². The molecule has 178 valence electrons. The van der Waals surface area contributed by atoms with E-state index in [4.69, 9.17) is 18.0 Å². The Bertz CT molecular complexity index is 1830. The van der Waals surface area contributed by atoms with Crippen molar-refractivity contribution in [1.82, 2.24) is 29.1 Å². The van der Waals surface area contributed by atoms with E-state index >= 15 is 0 Å². The van der Waals surface area contributed by atoms with Crippen molar-refractivity contribution in [2.75, 3.05) is 0 Å². The van der Waals surface area contributed by atoms with Crippen LogP contribution in [0, 0.1) is 30.9 Å². The summed E-state index contributed by atoms with van der Waals surface area (Å²) in [7, 11) is 0. The molecule has 5 rings (SSSR count). The Hall–Kier alpha value is -4.62. The van der Waals surface area contributed by atoms with Crippen LogP contribution in [0.5, 0.6) is 0 Å². The molecule has 0 bridgehead atoms. The van der Waals surface area contributed by atoms with Gasteiger partial charge in [0.25, 0.3) is 5.56 Å². The summed E-state index contributed by atoms with van der Waals surface area (Å²) in [5.74, 6) is 0.152. The minimum absolute atomic E-state index is 0.00353. The quantitative estimate of drug-likeness (QED) is 0.349. The van der Waals surface area contributed by atoms with E-state index in [-0.39, 0.29) is 34.6 Å². The highest BCUT2D eigenvalue weighted by molar-refractivity contribution is 6.30. The van der Waals surface area contributed by atoms with Gasteiger partial charge in [-0.15, -0.1) is 11.5 Å². The van der Waals surface area contributed by atoms with Crippen LogP contribution in [-0.2, 0) is 6.54 Å². The highest BCUT2D eigenvalue weighted by Gasteiger charge is 2.25. The third-order valence-electron chi connectivity index (χ3n) is 5.49. The van der Waals surface area contributed by atoms with Crippen molar-refractivity contribution in [1.29, 1.82) is 0 Å². The molecular weight excluding hydrogens is 490 g/mol. The summed E-state index contributed by atoms with van der Waals surface area (Å²) in [5, 5.41) is 8.24. The fraction of sp³-hybridized carbons (Fsp3) is 0.0800. The fourth-order valence-electron chi connectivity index (χ4n) is 3.97. The molecule has 0 spiro atoms. The average molecular weight is 505 g/mol. The summed E-state index contributed by atoms with van der Waals surface area (Å²) in [6, 6.07) is 9.79. The SMILES string of the molecule is C#CCn1c(-c2cccc(Cl)c2)c(-n2nnc3cc(F)c(F)cc32)c(=O)n(-c2cncc(C)c2)c1=O. The van der Waals surface area contributed by atoms with Gasteiger partial charge in [-0.05, 0) is 30.7 Å². The summed E-state index contributed by atoms with van der Waals surface area (Å²) in [6.45, 7) is 1.54. The molecular formula is C25H15ClF2N6O2. The second-order valence-corrected chi connectivity index (χ2v) is 8.33. The summed E-state index contributed by atoms with van der Waals surface area (Å²) < 4.78 is 31.2. The first-order valence-electron chi connectivity index (χ1n) is 10.5. The van der Waals surface area contributed by atoms with Crippen LogP contribution in [0.25, 0.3) is 33.7 Å². The van der Waals surface area contributed by atoms with Crippen LogP contribution in [0.2, 0.25) is 5.02 Å². The van der Waals surface area contributed by atoms with Crippen molar-refractivity contribution in [2.45, 2.75) is 13.5 Å². The molecule has 0 fully saturated rings. The van der Waals surface area contributed by atoms with Crippen molar-refractivity contribution in [3.8, 4) is 35.0 Å². The number of terminal acetylenes is 1. The van der Waals surface area contributed by atoms with E-state index in [1.54, 1.807) is 43.5 Å². The van der Waals surface area contributed by atoms with Gasteiger partial charge in [0, 0.05) is 28.9 Å². The van der Waals surface area contributed by atoms with Crippen molar-refractivity contribution in [2.24, 2.45) is 0 Å². The zero-order valence-corrected chi connectivity index (χ0v) is 19.4. The van der Waals surface area contributed by atoms with E-state index in [2.05, 4.69) is 21.2 Å². The number of benzene rings is 2. The van der Waals surface area contributed by atoms with Gasteiger partial charge in [-0.3, -0.25) is 14.3 Å². The molecule has 0 aliphatic rings. The lowest BCUT2D eigenvalue weighted by atomic mass is 10.1. The number of hydrogen-bond donors (Lipinski definition) is 0. The molecule has 0 aliphatic heterocycles. The van der Waals surface area contributed by atoms with Gasteiger partial charge >= 0.3 is 5.69 Å². The molecule has 2 aromatic carbocycles. The van der Waals surface area contributed by atoms with Gasteiger partial charge in [-0.25, -0.2) is 22.8 Å². The Labute approximate surface area is 207 Å². The van der Waals surface area contributed by atoms with E-state index in [9.17, 15) is 18.4 Å². The summed E-state index contributed by atoms with van der Waals surface area (Å²) in [6.07, 6.45) is 8.51. The van der Waals surface area contributed by atoms with Crippen LogP contribution < -0.4 is 11.2 Å². The Balaban J connectivity index is 2.00. The van der Waals surface area contributed by atoms with Gasteiger partial charge in [0.2, 0.25) is 0 Å². The van der Waals surface area contributed by atoms with Crippen LogP contribution in [0.4, 0.5) is 8.78 Å². The van der Waals surface area contributed by atoms with E-state index in [1.807, 2.05) is 0 Å². The number of aryl methyl sites for hydroxylation is 1. The molecule has 8 nitrogen and oxygen atoms in total. The molecule has 0 saturated heterocycles. The van der Waals surface area contributed by atoms with E-state index in [1.165, 1.54) is 10.8 Å². The van der Waals surface area contributed by atoms with Gasteiger partial charge in [-0.1, -0.05) is 34.9 Å². The van der Waals surface area contributed by atoms with E-state index < -0.39 is 22.9 Å². The molecule has 0 saturated carbocycles. The average Bonchev–Trinajstić information content (AvgIpc) is 3.23.